The normalized spacial score (nSPS) is 23.7. The van der Waals surface area contributed by atoms with Gasteiger partial charge in [-0.15, -0.1) is 0 Å². The van der Waals surface area contributed by atoms with Crippen LogP contribution < -0.4 is 4.90 Å². The minimum Gasteiger partial charge on any atom is -0.481 e. The number of carbonyl (C=O) groups excluding carboxylic acids is 1. The van der Waals surface area contributed by atoms with Crippen LogP contribution in [-0.2, 0) is 17.8 Å². The van der Waals surface area contributed by atoms with Crippen molar-refractivity contribution in [3.8, 4) is 0 Å². The second-order valence-electron chi connectivity index (χ2n) is 8.66. The highest BCUT2D eigenvalue weighted by Gasteiger charge is 2.48. The molecule has 0 saturated carbocycles. The number of hydrogen-bond acceptors (Lipinski definition) is 4. The second-order valence-corrected chi connectivity index (χ2v) is 8.66. The molecule has 1 amide bonds. The van der Waals surface area contributed by atoms with Crippen molar-refractivity contribution in [1.29, 1.82) is 0 Å². The summed E-state index contributed by atoms with van der Waals surface area (Å²) in [5, 5.41) is 9.77. The third-order valence-electron chi connectivity index (χ3n) is 6.76. The van der Waals surface area contributed by atoms with E-state index in [2.05, 4.69) is 24.0 Å². The van der Waals surface area contributed by atoms with E-state index in [1.165, 1.54) is 11.3 Å². The molecule has 1 aromatic heterocycles. The molecule has 29 heavy (non-hydrogen) atoms. The van der Waals surface area contributed by atoms with Gasteiger partial charge in [0.25, 0.3) is 5.91 Å². The van der Waals surface area contributed by atoms with Crippen molar-refractivity contribution in [3.63, 3.8) is 0 Å². The van der Waals surface area contributed by atoms with Gasteiger partial charge >= 0.3 is 5.97 Å². The number of carboxylic acid groups (broad SMARTS) is 1. The minimum absolute atomic E-state index is 0.0384. The number of rotatable bonds is 5. The highest BCUT2D eigenvalue weighted by molar-refractivity contribution is 5.96. The Kier molecular flexibility index (Phi) is 4.89. The number of carboxylic acids is 1. The number of para-hydroxylation sites is 1. The largest absolute Gasteiger partial charge is 0.481 e. The Morgan fingerprint density at radius 3 is 2.72 bits per heavy atom. The average molecular weight is 396 g/mol. The minimum atomic E-state index is -0.873. The zero-order valence-corrected chi connectivity index (χ0v) is 17.2. The SMILES string of the molecule is CC1Cc2ccccc2N1Cc1occc1C(=O)N1CCC(C(=O)O)(C(C)C)C1. The van der Waals surface area contributed by atoms with Crippen LogP contribution in [0.3, 0.4) is 0 Å². The predicted octanol–water partition coefficient (Wildman–Crippen LogP) is 3.80. The van der Waals surface area contributed by atoms with Gasteiger partial charge in [0.05, 0.1) is 23.8 Å². The number of benzene rings is 1. The third-order valence-corrected chi connectivity index (χ3v) is 6.76. The first kappa shape index (κ1) is 19.6. The molecule has 2 atom stereocenters. The van der Waals surface area contributed by atoms with Crippen LogP contribution in [0.2, 0.25) is 0 Å². The number of carbonyl (C=O) groups is 2. The fourth-order valence-electron chi connectivity index (χ4n) is 4.75. The second kappa shape index (κ2) is 7.25. The number of anilines is 1. The van der Waals surface area contributed by atoms with E-state index in [0.29, 0.717) is 36.9 Å². The Balaban J connectivity index is 1.55. The highest BCUT2D eigenvalue weighted by Crippen LogP contribution is 2.39. The average Bonchev–Trinajstić information content (AvgIpc) is 3.40. The van der Waals surface area contributed by atoms with E-state index in [-0.39, 0.29) is 18.4 Å². The van der Waals surface area contributed by atoms with Crippen molar-refractivity contribution in [2.75, 3.05) is 18.0 Å². The Morgan fingerprint density at radius 1 is 1.28 bits per heavy atom. The molecule has 4 rings (SSSR count). The molecule has 1 aromatic carbocycles. The van der Waals surface area contributed by atoms with Gasteiger partial charge in [-0.3, -0.25) is 9.59 Å². The number of nitrogens with zero attached hydrogens (tertiary/aromatic N) is 2. The predicted molar refractivity (Wildman–Crippen MR) is 110 cm³/mol. The first-order chi connectivity index (χ1) is 13.8. The van der Waals surface area contributed by atoms with Crippen LogP contribution in [0.4, 0.5) is 5.69 Å². The highest BCUT2D eigenvalue weighted by atomic mass is 16.4. The van der Waals surface area contributed by atoms with E-state index in [4.69, 9.17) is 4.42 Å². The topological polar surface area (TPSA) is 74.0 Å². The van der Waals surface area contributed by atoms with Gasteiger partial charge in [-0.05, 0) is 43.4 Å². The lowest BCUT2D eigenvalue weighted by molar-refractivity contribution is -0.150. The summed E-state index contributed by atoms with van der Waals surface area (Å²) in [6.45, 7) is 7.22. The molecule has 2 unspecified atom stereocenters. The number of furan rings is 1. The van der Waals surface area contributed by atoms with Gasteiger partial charge in [0.1, 0.15) is 5.76 Å². The van der Waals surface area contributed by atoms with E-state index >= 15 is 0 Å². The summed E-state index contributed by atoms with van der Waals surface area (Å²) in [7, 11) is 0. The lowest BCUT2D eigenvalue weighted by atomic mass is 9.76. The van der Waals surface area contributed by atoms with Crippen molar-refractivity contribution in [1.82, 2.24) is 4.90 Å². The van der Waals surface area contributed by atoms with E-state index in [1.54, 1.807) is 17.2 Å². The lowest BCUT2D eigenvalue weighted by Gasteiger charge is -2.28. The summed E-state index contributed by atoms with van der Waals surface area (Å²) < 4.78 is 5.71. The van der Waals surface area contributed by atoms with Crippen LogP contribution in [0.5, 0.6) is 0 Å². The molecule has 2 aliphatic rings. The molecule has 2 aliphatic heterocycles. The van der Waals surface area contributed by atoms with Gasteiger partial charge in [0.2, 0.25) is 0 Å². The molecular formula is C23H28N2O4. The quantitative estimate of drug-likeness (QED) is 0.832. The van der Waals surface area contributed by atoms with Crippen LogP contribution in [-0.4, -0.2) is 41.0 Å². The standard InChI is InChI=1S/C23H28N2O4/c1-15(2)23(22(27)28)9-10-24(14-23)21(26)18-8-11-29-20(18)13-25-16(3)12-17-6-4-5-7-19(17)25/h4-8,11,15-16H,9-10,12-14H2,1-3H3,(H,27,28). The molecule has 2 aromatic rings. The molecule has 6 nitrogen and oxygen atoms in total. The molecule has 1 N–H and O–H groups in total. The first-order valence-corrected chi connectivity index (χ1v) is 10.3. The summed E-state index contributed by atoms with van der Waals surface area (Å²) in [6.07, 6.45) is 3.01. The molecule has 0 aliphatic carbocycles. The van der Waals surface area contributed by atoms with E-state index in [0.717, 1.165) is 6.42 Å². The summed E-state index contributed by atoms with van der Waals surface area (Å²) in [6, 6.07) is 10.4. The fourth-order valence-corrected chi connectivity index (χ4v) is 4.75. The van der Waals surface area contributed by atoms with Crippen LogP contribution in [0.15, 0.2) is 41.0 Å². The third kappa shape index (κ3) is 3.20. The maximum Gasteiger partial charge on any atom is 0.311 e. The molecule has 1 saturated heterocycles. The number of amides is 1. The van der Waals surface area contributed by atoms with Crippen LogP contribution in [0, 0.1) is 11.3 Å². The summed E-state index contributed by atoms with van der Waals surface area (Å²) in [4.78, 5) is 29.1. The monoisotopic (exact) mass is 396 g/mol. The Labute approximate surface area is 171 Å². The smallest absolute Gasteiger partial charge is 0.311 e. The summed E-state index contributed by atoms with van der Waals surface area (Å²) in [5.74, 6) is -0.366. The van der Waals surface area contributed by atoms with Crippen molar-refractivity contribution in [3.05, 3.63) is 53.5 Å². The van der Waals surface area contributed by atoms with Crippen molar-refractivity contribution < 1.29 is 19.1 Å². The van der Waals surface area contributed by atoms with Gasteiger partial charge in [-0.2, -0.15) is 0 Å². The van der Waals surface area contributed by atoms with E-state index < -0.39 is 11.4 Å². The molecule has 3 heterocycles. The molecule has 0 bridgehead atoms. The van der Waals surface area contributed by atoms with Crippen molar-refractivity contribution in [2.45, 2.75) is 46.2 Å². The fraction of sp³-hybridized carbons (Fsp3) is 0.478. The van der Waals surface area contributed by atoms with Crippen molar-refractivity contribution in [2.24, 2.45) is 11.3 Å². The zero-order valence-electron chi connectivity index (χ0n) is 17.2. The number of likely N-dealkylation sites (tertiary alicyclic amines) is 1. The molecule has 154 valence electrons. The number of fused-ring (bicyclic) bond motifs is 1. The maximum atomic E-state index is 13.2. The van der Waals surface area contributed by atoms with Gasteiger partial charge < -0.3 is 19.3 Å². The van der Waals surface area contributed by atoms with Crippen molar-refractivity contribution >= 4 is 17.6 Å². The maximum absolute atomic E-state index is 13.2. The van der Waals surface area contributed by atoms with Gasteiger partial charge in [-0.25, -0.2) is 0 Å². The summed E-state index contributed by atoms with van der Waals surface area (Å²) in [5.41, 5.74) is 2.15. The van der Waals surface area contributed by atoms with Crippen LogP contribution >= 0.6 is 0 Å². The Hall–Kier alpha value is -2.76. The Morgan fingerprint density at radius 2 is 2.03 bits per heavy atom. The first-order valence-electron chi connectivity index (χ1n) is 10.3. The molecule has 0 radical (unpaired) electrons. The molecular weight excluding hydrogens is 368 g/mol. The molecule has 1 fully saturated rings. The van der Waals surface area contributed by atoms with Crippen LogP contribution in [0.1, 0.15) is 48.9 Å². The van der Waals surface area contributed by atoms with Gasteiger partial charge in [0.15, 0.2) is 0 Å². The van der Waals surface area contributed by atoms with E-state index in [1.807, 2.05) is 26.0 Å². The van der Waals surface area contributed by atoms with Gasteiger partial charge in [-0.1, -0.05) is 32.0 Å². The van der Waals surface area contributed by atoms with Crippen LogP contribution in [0.25, 0.3) is 0 Å². The number of aliphatic carboxylic acids is 1. The van der Waals surface area contributed by atoms with E-state index in [9.17, 15) is 14.7 Å². The molecule has 0 spiro atoms. The lowest BCUT2D eigenvalue weighted by Crippen LogP contribution is -2.40. The Bertz CT molecular complexity index is 934. The van der Waals surface area contributed by atoms with Gasteiger partial charge in [0, 0.05) is 24.8 Å². The number of hydrogen-bond donors (Lipinski definition) is 1. The zero-order chi connectivity index (χ0) is 20.8. The molecule has 6 heteroatoms. The summed E-state index contributed by atoms with van der Waals surface area (Å²) >= 11 is 0.